The molecule has 0 unspecified atom stereocenters. The second kappa shape index (κ2) is 10.5. The minimum atomic E-state index is -0.483. The number of carbonyl (C=O) groups excluding carboxylic acids is 4. The third-order valence-electron chi connectivity index (χ3n) is 7.35. The quantitative estimate of drug-likeness (QED) is 0.314. The fourth-order valence-electron chi connectivity index (χ4n) is 4.89. The van der Waals surface area contributed by atoms with Crippen molar-refractivity contribution in [3.8, 4) is 5.75 Å². The number of para-hydroxylation sites is 1. The average Bonchev–Trinajstić information content (AvgIpc) is 3.90. The van der Waals surface area contributed by atoms with Crippen LogP contribution in [0.1, 0.15) is 62.5 Å². The highest BCUT2D eigenvalue weighted by molar-refractivity contribution is 6.08. The molecule has 2 saturated carbocycles. The van der Waals surface area contributed by atoms with E-state index in [9.17, 15) is 19.2 Å². The standard InChI is InChI=1S/C29H29N7O5/c1-30-28(39)24-22(13-23(34-35-24)33-26(37)15-6-7-15)32-21-5-3-4-20(25(21)41-2)27(38)31-17-8-11-19-16(12-17)14-36(29(19)40)18-9-10-18/h3-5,8,11-13,15,18H,6-7,9-10,14H2,1-2H3,(H,30,39)(H,31,38)(H2,32,33,34,37). The molecule has 0 spiro atoms. The number of amides is 4. The van der Waals surface area contributed by atoms with Crippen molar-refractivity contribution in [2.45, 2.75) is 38.3 Å². The zero-order chi connectivity index (χ0) is 28.7. The Kier molecular flexibility index (Phi) is 6.73. The third-order valence-corrected chi connectivity index (χ3v) is 7.35. The van der Waals surface area contributed by atoms with Gasteiger partial charge in [-0.05, 0) is 61.6 Å². The topological polar surface area (TPSA) is 155 Å². The Bertz CT molecular complexity index is 1580. The number of methoxy groups -OCH3 is 1. The largest absolute Gasteiger partial charge is 0.494 e. The van der Waals surface area contributed by atoms with E-state index in [1.807, 2.05) is 11.0 Å². The van der Waals surface area contributed by atoms with Crippen LogP contribution in [0.15, 0.2) is 42.5 Å². The number of hydrogen-bond acceptors (Lipinski definition) is 8. The Balaban J connectivity index is 1.25. The van der Waals surface area contributed by atoms with Gasteiger partial charge in [-0.1, -0.05) is 6.07 Å². The Morgan fingerprint density at radius 3 is 2.46 bits per heavy atom. The van der Waals surface area contributed by atoms with E-state index in [0.29, 0.717) is 29.5 Å². The lowest BCUT2D eigenvalue weighted by molar-refractivity contribution is -0.117. The summed E-state index contributed by atoms with van der Waals surface area (Å²) in [7, 11) is 2.91. The Morgan fingerprint density at radius 2 is 1.76 bits per heavy atom. The first-order valence-corrected chi connectivity index (χ1v) is 13.5. The highest BCUT2D eigenvalue weighted by Crippen LogP contribution is 2.37. The van der Waals surface area contributed by atoms with Gasteiger partial charge in [0.2, 0.25) is 5.91 Å². The molecule has 4 N–H and O–H groups in total. The van der Waals surface area contributed by atoms with Crippen LogP contribution >= 0.6 is 0 Å². The second-order valence-electron chi connectivity index (χ2n) is 10.3. The molecule has 6 rings (SSSR count). The van der Waals surface area contributed by atoms with E-state index in [2.05, 4.69) is 31.5 Å². The summed E-state index contributed by atoms with van der Waals surface area (Å²) in [4.78, 5) is 52.7. The highest BCUT2D eigenvalue weighted by Gasteiger charge is 2.38. The molecule has 0 bridgehead atoms. The van der Waals surface area contributed by atoms with Crippen molar-refractivity contribution in [3.05, 3.63) is 64.8 Å². The number of benzene rings is 2. The molecule has 2 aliphatic carbocycles. The molecule has 2 aromatic carbocycles. The van der Waals surface area contributed by atoms with Crippen LogP contribution < -0.4 is 26.0 Å². The first-order chi connectivity index (χ1) is 19.9. The van der Waals surface area contributed by atoms with Crippen LogP contribution in [0.4, 0.5) is 22.9 Å². The summed E-state index contributed by atoms with van der Waals surface area (Å²) in [6.07, 6.45) is 3.72. The van der Waals surface area contributed by atoms with Crippen molar-refractivity contribution in [2.24, 2.45) is 5.92 Å². The van der Waals surface area contributed by atoms with Gasteiger partial charge in [0.05, 0.1) is 24.0 Å². The van der Waals surface area contributed by atoms with Gasteiger partial charge in [-0.25, -0.2) is 0 Å². The predicted molar refractivity (Wildman–Crippen MR) is 150 cm³/mol. The zero-order valence-corrected chi connectivity index (χ0v) is 22.6. The van der Waals surface area contributed by atoms with Crippen molar-refractivity contribution in [1.82, 2.24) is 20.4 Å². The molecule has 0 saturated heterocycles. The van der Waals surface area contributed by atoms with E-state index in [0.717, 1.165) is 31.2 Å². The number of anilines is 4. The first-order valence-electron chi connectivity index (χ1n) is 13.5. The summed E-state index contributed by atoms with van der Waals surface area (Å²) in [6.45, 7) is 0.544. The number of carbonyl (C=O) groups is 4. The summed E-state index contributed by atoms with van der Waals surface area (Å²) in [5, 5.41) is 19.3. The van der Waals surface area contributed by atoms with Crippen LogP contribution in [-0.4, -0.2) is 58.9 Å². The molecule has 1 aromatic heterocycles. The fraction of sp³-hybridized carbons (Fsp3) is 0.310. The van der Waals surface area contributed by atoms with Gasteiger partial charge in [-0.15, -0.1) is 10.2 Å². The third kappa shape index (κ3) is 5.28. The fourth-order valence-corrected chi connectivity index (χ4v) is 4.89. The second-order valence-corrected chi connectivity index (χ2v) is 10.3. The number of nitrogens with zero attached hydrogens (tertiary/aromatic N) is 3. The number of ether oxygens (including phenoxy) is 1. The van der Waals surface area contributed by atoms with Gasteiger partial charge < -0.3 is 30.9 Å². The minimum Gasteiger partial charge on any atom is -0.494 e. The Labute approximate surface area is 235 Å². The molecule has 4 amide bonds. The summed E-state index contributed by atoms with van der Waals surface area (Å²) in [6, 6.07) is 12.1. The normalized spacial score (nSPS) is 15.7. The maximum absolute atomic E-state index is 13.4. The number of aromatic nitrogens is 2. The Hall–Kier alpha value is -5.00. The summed E-state index contributed by atoms with van der Waals surface area (Å²) in [5.74, 6) is -0.604. The molecule has 12 nitrogen and oxygen atoms in total. The first kappa shape index (κ1) is 26.2. The van der Waals surface area contributed by atoms with Crippen LogP contribution in [0.5, 0.6) is 5.75 Å². The van der Waals surface area contributed by atoms with Crippen molar-refractivity contribution < 1.29 is 23.9 Å². The van der Waals surface area contributed by atoms with Gasteiger partial charge in [-0.3, -0.25) is 19.2 Å². The maximum atomic E-state index is 13.4. The SMILES string of the molecule is CNC(=O)c1nnc(NC(=O)C2CC2)cc1Nc1cccc(C(=O)Nc2ccc3c(c2)CN(C2CC2)C3=O)c1OC. The van der Waals surface area contributed by atoms with Crippen LogP contribution in [0.3, 0.4) is 0 Å². The van der Waals surface area contributed by atoms with Crippen LogP contribution in [-0.2, 0) is 11.3 Å². The lowest BCUT2D eigenvalue weighted by Gasteiger charge is -2.17. The van der Waals surface area contributed by atoms with Gasteiger partial charge in [0.1, 0.15) is 0 Å². The number of hydrogen-bond donors (Lipinski definition) is 4. The molecule has 2 fully saturated rings. The highest BCUT2D eigenvalue weighted by atomic mass is 16.5. The van der Waals surface area contributed by atoms with Crippen molar-refractivity contribution >= 4 is 46.5 Å². The van der Waals surface area contributed by atoms with Crippen molar-refractivity contribution in [2.75, 3.05) is 30.1 Å². The van der Waals surface area contributed by atoms with Crippen LogP contribution in [0, 0.1) is 5.92 Å². The minimum absolute atomic E-state index is 0.00163. The molecule has 0 atom stereocenters. The van der Waals surface area contributed by atoms with Gasteiger partial charge in [0, 0.05) is 42.9 Å². The Morgan fingerprint density at radius 1 is 0.951 bits per heavy atom. The molecule has 3 aromatic rings. The summed E-state index contributed by atoms with van der Waals surface area (Å²) in [5.41, 5.74) is 3.04. The molecular weight excluding hydrogens is 526 g/mol. The van der Waals surface area contributed by atoms with Crippen LogP contribution in [0.2, 0.25) is 0 Å². The molecule has 12 heteroatoms. The van der Waals surface area contributed by atoms with Gasteiger partial charge in [0.25, 0.3) is 17.7 Å². The molecule has 3 aliphatic rings. The van der Waals surface area contributed by atoms with Crippen LogP contribution in [0.25, 0.3) is 0 Å². The smallest absolute Gasteiger partial charge is 0.273 e. The lowest BCUT2D eigenvalue weighted by atomic mass is 10.1. The molecule has 0 radical (unpaired) electrons. The molecule has 41 heavy (non-hydrogen) atoms. The van der Waals surface area contributed by atoms with Gasteiger partial charge in [0.15, 0.2) is 17.3 Å². The van der Waals surface area contributed by atoms with Crippen molar-refractivity contribution in [3.63, 3.8) is 0 Å². The average molecular weight is 556 g/mol. The lowest BCUT2D eigenvalue weighted by Crippen LogP contribution is -2.25. The molecular formula is C29H29N7O5. The number of nitrogens with one attached hydrogen (secondary N) is 4. The van der Waals surface area contributed by atoms with E-state index in [-0.39, 0.29) is 46.2 Å². The van der Waals surface area contributed by atoms with E-state index in [1.165, 1.54) is 20.2 Å². The van der Waals surface area contributed by atoms with Gasteiger partial charge >= 0.3 is 0 Å². The van der Waals surface area contributed by atoms with E-state index < -0.39 is 11.8 Å². The molecule has 2 heterocycles. The summed E-state index contributed by atoms with van der Waals surface area (Å²) < 4.78 is 5.62. The summed E-state index contributed by atoms with van der Waals surface area (Å²) >= 11 is 0. The van der Waals surface area contributed by atoms with E-state index in [4.69, 9.17) is 4.74 Å². The number of fused-ring (bicyclic) bond motifs is 1. The van der Waals surface area contributed by atoms with E-state index in [1.54, 1.807) is 30.3 Å². The number of rotatable bonds is 9. The zero-order valence-electron chi connectivity index (χ0n) is 22.6. The maximum Gasteiger partial charge on any atom is 0.273 e. The van der Waals surface area contributed by atoms with Gasteiger partial charge in [-0.2, -0.15) is 0 Å². The predicted octanol–water partition coefficient (Wildman–Crippen LogP) is 3.31. The van der Waals surface area contributed by atoms with E-state index >= 15 is 0 Å². The molecule has 210 valence electrons. The molecule has 1 aliphatic heterocycles. The monoisotopic (exact) mass is 555 g/mol. The van der Waals surface area contributed by atoms with Crippen molar-refractivity contribution in [1.29, 1.82) is 0 Å².